The molecule has 0 spiro atoms. The van der Waals surface area contributed by atoms with Gasteiger partial charge in [0.1, 0.15) is 5.58 Å². The minimum absolute atomic E-state index is 0. The van der Waals surface area contributed by atoms with Gasteiger partial charge in [0.05, 0.1) is 5.58 Å². The van der Waals surface area contributed by atoms with Crippen LogP contribution < -0.4 is 5.19 Å². The van der Waals surface area contributed by atoms with Gasteiger partial charge in [-0.3, -0.25) is 0 Å². The molecular formula is C34H32IrN2OSi-2. The maximum absolute atomic E-state index is 6.30. The van der Waals surface area contributed by atoms with Crippen LogP contribution in [0.4, 0.5) is 0 Å². The van der Waals surface area contributed by atoms with Crippen molar-refractivity contribution in [1.29, 1.82) is 0 Å². The summed E-state index contributed by atoms with van der Waals surface area (Å²) >= 11 is 0. The fourth-order valence-electron chi connectivity index (χ4n) is 4.52. The SMILES string of the molecule is CC(C)c1ccc(-c2[c-]cc([Si](C)(C)C)c3c2oc2ccccc23)nc1.[Ir].[c-]1ccccc1-c1ccccn1. The molecule has 0 saturated carbocycles. The molecule has 0 aliphatic heterocycles. The number of rotatable bonds is 4. The second-order valence-electron chi connectivity index (χ2n) is 10.8. The third kappa shape index (κ3) is 6.28. The Labute approximate surface area is 245 Å². The van der Waals surface area contributed by atoms with Crippen LogP contribution >= 0.6 is 0 Å². The first-order valence-electron chi connectivity index (χ1n) is 13.0. The molecule has 0 unspecified atom stereocenters. The van der Waals surface area contributed by atoms with Gasteiger partial charge in [-0.1, -0.05) is 86.9 Å². The van der Waals surface area contributed by atoms with E-state index in [-0.39, 0.29) is 20.1 Å². The van der Waals surface area contributed by atoms with Crippen molar-refractivity contribution < 1.29 is 24.5 Å². The first kappa shape index (κ1) is 28.6. The van der Waals surface area contributed by atoms with Crippen molar-refractivity contribution in [2.75, 3.05) is 0 Å². The molecule has 0 fully saturated rings. The van der Waals surface area contributed by atoms with Crippen molar-refractivity contribution >= 4 is 35.2 Å². The summed E-state index contributed by atoms with van der Waals surface area (Å²) in [6, 6.07) is 35.0. The fraction of sp³-hybridized carbons (Fsp3) is 0.176. The smallest absolute Gasteiger partial charge is 0.120 e. The van der Waals surface area contributed by atoms with Crippen LogP contribution in [0.15, 0.2) is 102 Å². The molecule has 39 heavy (non-hydrogen) atoms. The summed E-state index contributed by atoms with van der Waals surface area (Å²) in [5.41, 5.74) is 6.97. The molecule has 6 rings (SSSR count). The number of hydrogen-bond donors (Lipinski definition) is 0. The molecule has 6 aromatic rings. The van der Waals surface area contributed by atoms with Gasteiger partial charge in [-0.05, 0) is 35.0 Å². The van der Waals surface area contributed by atoms with E-state index in [0.29, 0.717) is 5.92 Å². The number of aromatic nitrogens is 2. The number of fused-ring (bicyclic) bond motifs is 3. The molecule has 0 atom stereocenters. The van der Waals surface area contributed by atoms with Crippen molar-refractivity contribution in [1.82, 2.24) is 9.97 Å². The predicted octanol–water partition coefficient (Wildman–Crippen LogP) is 8.66. The Kier molecular flexibility index (Phi) is 8.96. The van der Waals surface area contributed by atoms with Gasteiger partial charge in [-0.15, -0.1) is 53.2 Å². The van der Waals surface area contributed by atoms with Crippen LogP contribution in [-0.4, -0.2) is 18.0 Å². The minimum atomic E-state index is -1.54. The van der Waals surface area contributed by atoms with E-state index in [4.69, 9.17) is 9.40 Å². The van der Waals surface area contributed by atoms with Gasteiger partial charge < -0.3 is 14.4 Å². The van der Waals surface area contributed by atoms with Crippen LogP contribution in [0.25, 0.3) is 44.5 Å². The molecule has 1 radical (unpaired) electrons. The van der Waals surface area contributed by atoms with Gasteiger partial charge in [-0.2, -0.15) is 0 Å². The van der Waals surface area contributed by atoms with E-state index >= 15 is 0 Å². The molecule has 3 aromatic carbocycles. The van der Waals surface area contributed by atoms with Crippen molar-refractivity contribution in [2.45, 2.75) is 39.4 Å². The van der Waals surface area contributed by atoms with E-state index in [9.17, 15) is 0 Å². The van der Waals surface area contributed by atoms with Crippen molar-refractivity contribution in [3.8, 4) is 22.5 Å². The molecule has 0 amide bonds. The number of benzene rings is 3. The van der Waals surface area contributed by atoms with Crippen LogP contribution in [0, 0.1) is 12.1 Å². The average Bonchev–Trinajstić information content (AvgIpc) is 3.33. The summed E-state index contributed by atoms with van der Waals surface area (Å²) in [6.45, 7) is 11.5. The molecule has 0 saturated heterocycles. The van der Waals surface area contributed by atoms with E-state index in [1.807, 2.05) is 60.8 Å². The summed E-state index contributed by atoms with van der Waals surface area (Å²) in [7, 11) is -1.54. The molecule has 3 nitrogen and oxygen atoms in total. The maximum Gasteiger partial charge on any atom is 0.120 e. The first-order chi connectivity index (χ1) is 18.3. The molecule has 0 bridgehead atoms. The maximum atomic E-state index is 6.30. The summed E-state index contributed by atoms with van der Waals surface area (Å²) < 4.78 is 6.30. The number of pyridine rings is 2. The standard InChI is InChI=1S/C23H24NOSi.C11H8N.Ir/c1-15(2)16-10-12-19(24-14-16)17-11-13-21(26(3,4)5)22-18-8-6-7-9-20(18)25-23(17)22;1-2-6-10(7-3-1)11-8-4-5-9-12-11;/h6-10,12-15H,1-5H3;1-6,8-9H;/q2*-1;. The number of para-hydroxylation sites is 1. The van der Waals surface area contributed by atoms with Gasteiger partial charge in [0.15, 0.2) is 0 Å². The van der Waals surface area contributed by atoms with Gasteiger partial charge in [-0.25, -0.2) is 0 Å². The van der Waals surface area contributed by atoms with E-state index in [1.54, 1.807) is 6.20 Å². The second-order valence-corrected chi connectivity index (χ2v) is 15.8. The monoisotopic (exact) mass is 705 g/mol. The van der Waals surface area contributed by atoms with Crippen molar-refractivity contribution in [3.63, 3.8) is 0 Å². The predicted molar refractivity (Wildman–Crippen MR) is 161 cm³/mol. The molecule has 0 aliphatic carbocycles. The largest absolute Gasteiger partial charge is 0.501 e. The van der Waals surface area contributed by atoms with E-state index < -0.39 is 8.07 Å². The Hall–Kier alpha value is -3.37. The average molecular weight is 705 g/mol. The molecule has 0 N–H and O–H groups in total. The normalized spacial score (nSPS) is 11.2. The van der Waals surface area contributed by atoms with Gasteiger partial charge in [0, 0.05) is 46.0 Å². The molecule has 0 aliphatic rings. The molecular weight excluding hydrogens is 673 g/mol. The Balaban J connectivity index is 0.000000228. The Bertz CT molecular complexity index is 1620. The third-order valence-corrected chi connectivity index (χ3v) is 8.63. The summed E-state index contributed by atoms with van der Waals surface area (Å²) in [4.78, 5) is 8.92. The third-order valence-electron chi connectivity index (χ3n) is 6.62. The zero-order valence-corrected chi connectivity index (χ0v) is 26.3. The molecule has 5 heteroatoms. The van der Waals surface area contributed by atoms with Crippen LogP contribution in [-0.2, 0) is 20.1 Å². The van der Waals surface area contributed by atoms with Gasteiger partial charge in [0.25, 0.3) is 0 Å². The van der Waals surface area contributed by atoms with Crippen molar-refractivity contribution in [2.24, 2.45) is 0 Å². The van der Waals surface area contributed by atoms with E-state index in [1.165, 1.54) is 21.5 Å². The number of nitrogens with zero attached hydrogens (tertiary/aromatic N) is 2. The topological polar surface area (TPSA) is 38.9 Å². The van der Waals surface area contributed by atoms with Crippen LogP contribution in [0.5, 0.6) is 0 Å². The fourth-order valence-corrected chi connectivity index (χ4v) is 6.03. The Morgan fingerprint density at radius 2 is 1.56 bits per heavy atom. The first-order valence-corrected chi connectivity index (χ1v) is 16.5. The van der Waals surface area contributed by atoms with Gasteiger partial charge >= 0.3 is 0 Å². The molecule has 3 aromatic heterocycles. The van der Waals surface area contributed by atoms with Crippen LogP contribution in [0.3, 0.4) is 0 Å². The zero-order valence-electron chi connectivity index (χ0n) is 23.0. The van der Waals surface area contributed by atoms with Gasteiger partial charge in [0.2, 0.25) is 0 Å². The van der Waals surface area contributed by atoms with E-state index in [0.717, 1.165) is 33.7 Å². The summed E-state index contributed by atoms with van der Waals surface area (Å²) in [5, 5.41) is 3.82. The Morgan fingerprint density at radius 1 is 0.795 bits per heavy atom. The number of furan rings is 1. The van der Waals surface area contributed by atoms with Crippen LogP contribution in [0.2, 0.25) is 19.6 Å². The Morgan fingerprint density at radius 3 is 2.21 bits per heavy atom. The summed E-state index contributed by atoms with van der Waals surface area (Å²) in [6.07, 6.45) is 3.75. The number of hydrogen-bond acceptors (Lipinski definition) is 3. The zero-order chi connectivity index (χ0) is 26.7. The van der Waals surface area contributed by atoms with Crippen molar-refractivity contribution in [3.05, 3.63) is 115 Å². The van der Waals surface area contributed by atoms with E-state index in [2.05, 4.69) is 80.9 Å². The molecule has 199 valence electrons. The molecule has 3 heterocycles. The summed E-state index contributed by atoms with van der Waals surface area (Å²) in [5.74, 6) is 0.473. The quantitative estimate of drug-likeness (QED) is 0.136. The second kappa shape index (κ2) is 12.2. The minimum Gasteiger partial charge on any atom is -0.501 e. The van der Waals surface area contributed by atoms with Crippen LogP contribution in [0.1, 0.15) is 25.3 Å².